The molecule has 4 N–H and O–H groups in total. The Morgan fingerprint density at radius 2 is 1.56 bits per heavy atom. The first-order valence-electron chi connectivity index (χ1n) is 13.3. The summed E-state index contributed by atoms with van der Waals surface area (Å²) >= 11 is 0. The molecule has 2 aliphatic rings. The van der Waals surface area contributed by atoms with Crippen LogP contribution in [-0.2, 0) is 18.3 Å². The summed E-state index contributed by atoms with van der Waals surface area (Å²) in [5.74, 6) is -0.161. The summed E-state index contributed by atoms with van der Waals surface area (Å²) in [6, 6.07) is 29.2. The Morgan fingerprint density at radius 3 is 2.12 bits per heavy atom. The Labute approximate surface area is 246 Å². The molecule has 0 aliphatic carbocycles. The molecule has 2 saturated heterocycles. The quantitative estimate of drug-likeness (QED) is 0.244. The van der Waals surface area contributed by atoms with Crippen LogP contribution < -0.4 is 32.1 Å². The second kappa shape index (κ2) is 10.7. The number of imidazole rings is 1. The molecule has 5 aromatic rings. The predicted molar refractivity (Wildman–Crippen MR) is 159 cm³/mol. The number of phosphoric ester groups is 1. The molecular formula is C28H26N6O7P2. The zero-order valence-electron chi connectivity index (χ0n) is 23.3. The highest BCUT2D eigenvalue weighted by atomic mass is 31.2. The first-order chi connectivity index (χ1) is 20.8. The van der Waals surface area contributed by atoms with Gasteiger partial charge in [0.1, 0.15) is 18.3 Å². The summed E-state index contributed by atoms with van der Waals surface area (Å²) in [6.45, 7) is -0.358. The number of nitrogen functional groups attached to an aromatic ring is 1. The van der Waals surface area contributed by atoms with Crippen LogP contribution in [0.5, 0.6) is 0 Å². The fourth-order valence-corrected chi connectivity index (χ4v) is 9.93. The number of nitrogens with one attached hydrogen (secondary N) is 1. The molecule has 0 saturated carbocycles. The van der Waals surface area contributed by atoms with Crippen molar-refractivity contribution in [3.05, 3.63) is 101 Å². The van der Waals surface area contributed by atoms with Crippen molar-refractivity contribution in [2.75, 3.05) is 12.3 Å². The number of nitrogens with zero attached hydrogens (tertiary/aromatic N) is 4. The van der Waals surface area contributed by atoms with Crippen molar-refractivity contribution in [1.82, 2.24) is 19.5 Å². The molecule has 4 heterocycles. The lowest BCUT2D eigenvalue weighted by Crippen LogP contribution is -2.41. The summed E-state index contributed by atoms with van der Waals surface area (Å²) in [5, 5.41) is 14.1. The topological polar surface area (TPSA) is 190 Å². The number of hydrogen-bond acceptors (Lipinski definition) is 11. The van der Waals surface area contributed by atoms with Crippen molar-refractivity contribution < 1.29 is 29.8 Å². The zero-order valence-corrected chi connectivity index (χ0v) is 24.1. The van der Waals surface area contributed by atoms with E-state index in [9.17, 15) is 19.4 Å². The van der Waals surface area contributed by atoms with Crippen LogP contribution in [0.2, 0.25) is 0 Å². The maximum Gasteiger partial charge on any atom is 1.00 e. The van der Waals surface area contributed by atoms with E-state index in [1.165, 1.54) is 4.57 Å². The third-order valence-electron chi connectivity index (χ3n) is 7.39. The van der Waals surface area contributed by atoms with Gasteiger partial charge in [-0.3, -0.25) is 18.9 Å². The van der Waals surface area contributed by atoms with Crippen LogP contribution >= 0.6 is 14.9 Å². The van der Waals surface area contributed by atoms with E-state index in [0.717, 1.165) is 15.9 Å². The molecular weight excluding hydrogens is 594 g/mol. The largest absolute Gasteiger partial charge is 1.00 e. The number of nitrogens with two attached hydrogens (primary N) is 1. The molecule has 0 radical (unpaired) electrons. The molecule has 43 heavy (non-hydrogen) atoms. The van der Waals surface area contributed by atoms with Crippen molar-refractivity contribution in [3.63, 3.8) is 0 Å². The monoisotopic (exact) mass is 620 g/mol. The van der Waals surface area contributed by atoms with E-state index in [2.05, 4.69) is 15.0 Å². The van der Waals surface area contributed by atoms with E-state index >= 15 is 0 Å². The van der Waals surface area contributed by atoms with Crippen LogP contribution in [0.1, 0.15) is 7.65 Å². The number of aromatic amines is 1. The second-order valence-corrected chi connectivity index (χ2v) is 14.4. The van der Waals surface area contributed by atoms with E-state index < -0.39 is 45.0 Å². The minimum Gasteiger partial charge on any atom is -0.756 e. The van der Waals surface area contributed by atoms with Gasteiger partial charge in [0.2, 0.25) is 11.9 Å². The van der Waals surface area contributed by atoms with Crippen molar-refractivity contribution >= 4 is 53.9 Å². The number of aromatic nitrogens is 4. The number of hydrogen-bond donors (Lipinski definition) is 3. The Bertz CT molecular complexity index is 1870. The van der Waals surface area contributed by atoms with Gasteiger partial charge in [-0.25, -0.2) is 9.73 Å². The molecule has 7 rings (SSSR count). The molecule has 5 atom stereocenters. The van der Waals surface area contributed by atoms with Gasteiger partial charge in [0.15, 0.2) is 17.4 Å². The lowest BCUT2D eigenvalue weighted by molar-refractivity contribution is -0.245. The molecule has 0 amide bonds. The summed E-state index contributed by atoms with van der Waals surface area (Å²) in [4.78, 5) is 36.5. The number of fused-ring (bicyclic) bond motifs is 2. The van der Waals surface area contributed by atoms with Crippen molar-refractivity contribution in [2.24, 2.45) is 4.74 Å². The molecule has 0 bridgehead atoms. The van der Waals surface area contributed by atoms with Gasteiger partial charge < -0.3 is 29.5 Å². The average Bonchev–Trinajstić information content (AvgIpc) is 3.52. The summed E-state index contributed by atoms with van der Waals surface area (Å²) in [5.41, 5.74) is 5.23. The van der Waals surface area contributed by atoms with Gasteiger partial charge in [-0.2, -0.15) is 4.98 Å². The highest BCUT2D eigenvalue weighted by Crippen LogP contribution is 2.52. The third-order valence-corrected chi connectivity index (χ3v) is 12.0. The molecule has 2 aromatic heterocycles. The van der Waals surface area contributed by atoms with E-state index in [1.54, 1.807) is 0 Å². The number of H-pyrrole nitrogens is 1. The van der Waals surface area contributed by atoms with E-state index in [0.29, 0.717) is 0 Å². The Morgan fingerprint density at radius 1 is 1.00 bits per heavy atom. The number of anilines is 1. The lowest BCUT2D eigenvalue weighted by atomic mass is 10.1. The molecule has 3 aromatic carbocycles. The fourth-order valence-electron chi connectivity index (χ4n) is 5.52. The Hall–Kier alpha value is -3.93. The van der Waals surface area contributed by atoms with Crippen molar-refractivity contribution in [1.29, 1.82) is 0 Å². The standard InChI is InChI=1S/C28H26N6O7P2/c29-27-31-24-21(25(36)32-27)30-28(34(24)26-22(35)23-20(40-26)16-39-43(37,38)41-23)33-42(17-10-4-1-5-11-17,18-12-6-2-7-13-18)19-14-8-3-9-15-19/h1-15,20,22-23,26,35H,16H2,(H,37,38)(H3,29,31,32,36)/t20?,22?,23-,26-/m1/s1. The van der Waals surface area contributed by atoms with Gasteiger partial charge >= 0.3 is 1.43 Å². The van der Waals surface area contributed by atoms with Crippen LogP contribution in [-0.4, -0.2) is 49.5 Å². The summed E-state index contributed by atoms with van der Waals surface area (Å²) in [7, 11) is -7.56. The van der Waals surface area contributed by atoms with Crippen LogP contribution in [0.15, 0.2) is 101 Å². The predicted octanol–water partition coefficient (Wildman–Crippen LogP) is 1.77. The molecule has 220 valence electrons. The van der Waals surface area contributed by atoms with Crippen LogP contribution in [0.4, 0.5) is 11.9 Å². The number of phosphoric acid groups is 1. The zero-order chi connectivity index (χ0) is 29.8. The molecule has 0 spiro atoms. The van der Waals surface area contributed by atoms with Crippen LogP contribution in [0.3, 0.4) is 0 Å². The SMILES string of the molecule is Nc1nc2c(nc(N=P(c3ccccc3)(c3ccccc3)c3ccccc3)n2[C@@H]2OC3COP(=O)([O-])O[C@H]3C2O)c(=O)[nH]1.[H+]. The van der Waals surface area contributed by atoms with Gasteiger partial charge in [-0.05, 0) is 0 Å². The number of aliphatic hydroxyl groups excluding tert-OH is 1. The minimum atomic E-state index is -4.65. The van der Waals surface area contributed by atoms with Gasteiger partial charge in [0.05, 0.1) is 13.7 Å². The second-order valence-electron chi connectivity index (χ2n) is 10.0. The average molecular weight is 620 g/mol. The molecule has 13 nitrogen and oxygen atoms in total. The highest BCUT2D eigenvalue weighted by molar-refractivity contribution is 7.87. The van der Waals surface area contributed by atoms with Crippen LogP contribution in [0.25, 0.3) is 11.2 Å². The summed E-state index contributed by atoms with van der Waals surface area (Å²) < 4.78 is 34.8. The van der Waals surface area contributed by atoms with Gasteiger partial charge in [0.25, 0.3) is 13.4 Å². The summed E-state index contributed by atoms with van der Waals surface area (Å²) in [6.07, 6.45) is -5.00. The molecule has 2 aliphatic heterocycles. The molecule has 3 unspecified atom stereocenters. The van der Waals surface area contributed by atoms with E-state index in [-0.39, 0.29) is 31.1 Å². The van der Waals surface area contributed by atoms with E-state index in [1.807, 2.05) is 91.0 Å². The number of ether oxygens (including phenoxy) is 1. The Kier molecular flexibility index (Phi) is 6.91. The normalized spacial score (nSPS) is 25.4. The molecule has 2 fully saturated rings. The van der Waals surface area contributed by atoms with Crippen molar-refractivity contribution in [3.8, 4) is 0 Å². The van der Waals surface area contributed by atoms with Gasteiger partial charge in [-0.15, -0.1) is 0 Å². The third kappa shape index (κ3) is 4.75. The maximum atomic E-state index is 13.1. The van der Waals surface area contributed by atoms with Gasteiger partial charge in [-0.1, -0.05) is 91.0 Å². The highest BCUT2D eigenvalue weighted by Gasteiger charge is 2.51. The molecule has 15 heteroatoms. The first kappa shape index (κ1) is 27.9. The van der Waals surface area contributed by atoms with Crippen LogP contribution in [0, 0.1) is 0 Å². The number of benzene rings is 3. The number of rotatable bonds is 5. The first-order valence-corrected chi connectivity index (χ1v) is 16.5. The van der Waals surface area contributed by atoms with Crippen molar-refractivity contribution in [2.45, 2.75) is 24.5 Å². The van der Waals surface area contributed by atoms with Gasteiger partial charge in [0, 0.05) is 15.9 Å². The maximum absolute atomic E-state index is 13.1. The lowest BCUT2D eigenvalue weighted by Gasteiger charge is -2.34. The smallest absolute Gasteiger partial charge is 0.756 e. The fraction of sp³-hybridized carbons (Fsp3) is 0.179. The number of aliphatic hydroxyl groups is 1. The Balaban J connectivity index is 0.00000343. The van der Waals surface area contributed by atoms with E-state index in [4.69, 9.17) is 24.3 Å². The minimum absolute atomic E-state index is 0.